The van der Waals surface area contributed by atoms with E-state index in [9.17, 15) is 4.79 Å². The van der Waals surface area contributed by atoms with E-state index >= 15 is 0 Å². The molecule has 0 spiro atoms. The second-order valence-electron chi connectivity index (χ2n) is 7.39. The maximum Gasteiger partial charge on any atom is 0.230 e. The lowest BCUT2D eigenvalue weighted by atomic mass is 10.1. The molecule has 0 aliphatic heterocycles. The summed E-state index contributed by atoms with van der Waals surface area (Å²) in [5.41, 5.74) is 3.49. The normalized spacial score (nSPS) is 13.0. The smallest absolute Gasteiger partial charge is 0.230 e. The molecule has 0 fully saturated rings. The monoisotopic (exact) mass is 424 g/mol. The zero-order chi connectivity index (χ0) is 21.7. The summed E-state index contributed by atoms with van der Waals surface area (Å²) in [6.07, 6.45) is -0.258. The number of aromatic nitrogens is 3. The number of carbonyl (C=O) groups excluding carboxylic acids is 1. The van der Waals surface area contributed by atoms with Crippen LogP contribution in [0.3, 0.4) is 0 Å². The van der Waals surface area contributed by atoms with Gasteiger partial charge in [-0.15, -0.1) is 10.2 Å². The predicted octanol–water partition coefficient (Wildman–Crippen LogP) is 4.54. The first kappa shape index (κ1) is 21.9. The first-order chi connectivity index (χ1) is 14.3. The standard InChI is InChI=1S/C23H28N4O2S/c1-15-11-12-20(13-16(15)2)29-18(4)22-25-26-23(27(22)5)30-14-21(28)24-17(3)19-9-7-6-8-10-19/h6-13,17-18H,14H2,1-5H3,(H,24,28). The van der Waals surface area contributed by atoms with Crippen LogP contribution in [0.2, 0.25) is 0 Å². The van der Waals surface area contributed by atoms with Crippen molar-refractivity contribution in [2.24, 2.45) is 7.05 Å². The summed E-state index contributed by atoms with van der Waals surface area (Å²) in [7, 11) is 1.89. The topological polar surface area (TPSA) is 69.0 Å². The van der Waals surface area contributed by atoms with E-state index < -0.39 is 0 Å². The van der Waals surface area contributed by atoms with Crippen molar-refractivity contribution in [3.05, 3.63) is 71.0 Å². The van der Waals surface area contributed by atoms with Gasteiger partial charge in [0.25, 0.3) is 0 Å². The maximum absolute atomic E-state index is 12.3. The Hall–Kier alpha value is -2.80. The Bertz CT molecular complexity index is 1000. The quantitative estimate of drug-likeness (QED) is 0.538. The fourth-order valence-electron chi connectivity index (χ4n) is 3.09. The van der Waals surface area contributed by atoms with E-state index in [1.165, 1.54) is 22.9 Å². The van der Waals surface area contributed by atoms with Gasteiger partial charge in [0.15, 0.2) is 17.1 Å². The summed E-state index contributed by atoms with van der Waals surface area (Å²) >= 11 is 1.36. The highest BCUT2D eigenvalue weighted by Crippen LogP contribution is 2.25. The lowest BCUT2D eigenvalue weighted by Crippen LogP contribution is -2.28. The number of ether oxygens (including phenoxy) is 1. The van der Waals surface area contributed by atoms with Crippen molar-refractivity contribution in [3.8, 4) is 5.75 Å². The molecule has 1 N–H and O–H groups in total. The summed E-state index contributed by atoms with van der Waals surface area (Å²) in [5, 5.41) is 12.2. The lowest BCUT2D eigenvalue weighted by Gasteiger charge is -2.15. The van der Waals surface area contributed by atoms with Gasteiger partial charge in [0.1, 0.15) is 5.75 Å². The van der Waals surface area contributed by atoms with Crippen LogP contribution in [0.1, 0.15) is 48.5 Å². The van der Waals surface area contributed by atoms with Crippen LogP contribution in [0.15, 0.2) is 53.7 Å². The average Bonchev–Trinajstić information content (AvgIpc) is 3.10. The molecule has 2 unspecified atom stereocenters. The number of hydrogen-bond donors (Lipinski definition) is 1. The number of nitrogens with one attached hydrogen (secondary N) is 1. The predicted molar refractivity (Wildman–Crippen MR) is 120 cm³/mol. The number of rotatable bonds is 8. The number of aryl methyl sites for hydroxylation is 2. The number of carbonyl (C=O) groups is 1. The van der Waals surface area contributed by atoms with Gasteiger partial charge in [0.05, 0.1) is 11.8 Å². The zero-order valence-corrected chi connectivity index (χ0v) is 18.9. The molecule has 0 bridgehead atoms. The molecule has 30 heavy (non-hydrogen) atoms. The van der Waals surface area contributed by atoms with Crippen LogP contribution in [0.25, 0.3) is 0 Å². The van der Waals surface area contributed by atoms with E-state index in [1.54, 1.807) is 0 Å². The van der Waals surface area contributed by atoms with E-state index in [4.69, 9.17) is 4.74 Å². The molecule has 6 nitrogen and oxygen atoms in total. The van der Waals surface area contributed by atoms with Crippen LogP contribution in [0, 0.1) is 13.8 Å². The zero-order valence-electron chi connectivity index (χ0n) is 18.0. The van der Waals surface area contributed by atoms with Gasteiger partial charge in [-0.2, -0.15) is 0 Å². The molecule has 158 valence electrons. The van der Waals surface area contributed by atoms with Gasteiger partial charge < -0.3 is 14.6 Å². The third-order valence-electron chi connectivity index (χ3n) is 5.03. The molecule has 0 saturated carbocycles. The van der Waals surface area contributed by atoms with E-state index in [0.29, 0.717) is 11.0 Å². The van der Waals surface area contributed by atoms with Crippen LogP contribution in [0.4, 0.5) is 0 Å². The summed E-state index contributed by atoms with van der Waals surface area (Å²) < 4.78 is 7.92. The molecule has 0 saturated heterocycles. The maximum atomic E-state index is 12.3. The minimum Gasteiger partial charge on any atom is -0.483 e. The third-order valence-corrected chi connectivity index (χ3v) is 6.05. The molecule has 3 aromatic rings. The Morgan fingerprint density at radius 3 is 2.53 bits per heavy atom. The Morgan fingerprint density at radius 2 is 1.83 bits per heavy atom. The van der Waals surface area contributed by atoms with Crippen LogP contribution in [-0.4, -0.2) is 26.4 Å². The fraction of sp³-hybridized carbons (Fsp3) is 0.348. The molecule has 7 heteroatoms. The molecule has 1 aromatic heterocycles. The van der Waals surface area contributed by atoms with Crippen molar-refractivity contribution in [1.82, 2.24) is 20.1 Å². The SMILES string of the molecule is Cc1ccc(OC(C)c2nnc(SCC(=O)NC(C)c3ccccc3)n2C)cc1C. The van der Waals surface area contributed by atoms with Gasteiger partial charge >= 0.3 is 0 Å². The van der Waals surface area contributed by atoms with Gasteiger partial charge in [-0.25, -0.2) is 0 Å². The number of benzene rings is 2. The highest BCUT2D eigenvalue weighted by Gasteiger charge is 2.18. The van der Waals surface area contributed by atoms with E-state index in [1.807, 2.05) is 74.0 Å². The van der Waals surface area contributed by atoms with E-state index in [2.05, 4.69) is 29.4 Å². The van der Waals surface area contributed by atoms with Crippen molar-refractivity contribution in [2.75, 3.05) is 5.75 Å². The van der Waals surface area contributed by atoms with Gasteiger partial charge in [0, 0.05) is 7.05 Å². The molecule has 1 amide bonds. The van der Waals surface area contributed by atoms with E-state index in [0.717, 1.165) is 11.3 Å². The number of hydrogen-bond acceptors (Lipinski definition) is 5. The Balaban J connectivity index is 1.56. The molecule has 0 aliphatic carbocycles. The molecular weight excluding hydrogens is 396 g/mol. The first-order valence-corrected chi connectivity index (χ1v) is 10.9. The van der Waals surface area contributed by atoms with Gasteiger partial charge in [-0.3, -0.25) is 4.79 Å². The summed E-state index contributed by atoms with van der Waals surface area (Å²) in [5.74, 6) is 1.75. The van der Waals surface area contributed by atoms with Gasteiger partial charge in [-0.05, 0) is 56.5 Å². The molecule has 2 atom stereocenters. The Labute approximate surface area is 182 Å². The molecule has 0 radical (unpaired) electrons. The third kappa shape index (κ3) is 5.42. The molecule has 1 heterocycles. The Morgan fingerprint density at radius 1 is 1.10 bits per heavy atom. The van der Waals surface area contributed by atoms with E-state index in [-0.39, 0.29) is 23.8 Å². The lowest BCUT2D eigenvalue weighted by molar-refractivity contribution is -0.119. The van der Waals surface area contributed by atoms with Crippen LogP contribution in [-0.2, 0) is 11.8 Å². The highest BCUT2D eigenvalue weighted by molar-refractivity contribution is 7.99. The summed E-state index contributed by atoms with van der Waals surface area (Å²) in [4.78, 5) is 12.3. The average molecular weight is 425 g/mol. The van der Waals surface area contributed by atoms with Gasteiger partial charge in [0.2, 0.25) is 5.91 Å². The first-order valence-electron chi connectivity index (χ1n) is 9.95. The van der Waals surface area contributed by atoms with Crippen LogP contribution in [0.5, 0.6) is 5.75 Å². The number of thioether (sulfide) groups is 1. The molecule has 2 aromatic carbocycles. The van der Waals surface area contributed by atoms with Crippen LogP contribution < -0.4 is 10.1 Å². The largest absolute Gasteiger partial charge is 0.483 e. The fourth-order valence-corrected chi connectivity index (χ4v) is 3.82. The highest BCUT2D eigenvalue weighted by atomic mass is 32.2. The van der Waals surface area contributed by atoms with Crippen molar-refractivity contribution < 1.29 is 9.53 Å². The van der Waals surface area contributed by atoms with Crippen molar-refractivity contribution >= 4 is 17.7 Å². The molecule has 3 rings (SSSR count). The minimum atomic E-state index is -0.258. The Kier molecular flexibility index (Phi) is 7.15. The van der Waals surface area contributed by atoms with Crippen LogP contribution >= 0.6 is 11.8 Å². The second kappa shape index (κ2) is 9.80. The minimum absolute atomic E-state index is 0.0410. The number of amides is 1. The van der Waals surface area contributed by atoms with Gasteiger partial charge in [-0.1, -0.05) is 48.2 Å². The summed E-state index contributed by atoms with van der Waals surface area (Å²) in [6.45, 7) is 8.06. The molecular formula is C23H28N4O2S. The van der Waals surface area contributed by atoms with Crippen molar-refractivity contribution in [3.63, 3.8) is 0 Å². The van der Waals surface area contributed by atoms with Crippen molar-refractivity contribution in [1.29, 1.82) is 0 Å². The summed E-state index contributed by atoms with van der Waals surface area (Å²) in [6, 6.07) is 15.9. The second-order valence-corrected chi connectivity index (χ2v) is 8.34. The molecule has 0 aliphatic rings. The number of nitrogens with zero attached hydrogens (tertiary/aromatic N) is 3. The van der Waals surface area contributed by atoms with Crippen molar-refractivity contribution in [2.45, 2.75) is 45.0 Å².